The van der Waals surface area contributed by atoms with Crippen LogP contribution in [0, 0.1) is 5.82 Å². The van der Waals surface area contributed by atoms with Crippen LogP contribution in [0.4, 0.5) is 4.39 Å². The highest BCUT2D eigenvalue weighted by Gasteiger charge is 2.21. The number of hydrogen-bond acceptors (Lipinski definition) is 3. The van der Waals surface area contributed by atoms with Crippen LogP contribution in [-0.2, 0) is 13.0 Å². The van der Waals surface area contributed by atoms with Crippen LogP contribution in [-0.4, -0.2) is 20.8 Å². The monoisotopic (exact) mass is 232 g/mol. The summed E-state index contributed by atoms with van der Waals surface area (Å²) in [4.78, 5) is 0. The lowest BCUT2D eigenvalue weighted by Gasteiger charge is -2.20. The minimum Gasteiger partial charge on any atom is -0.326 e. The van der Waals surface area contributed by atoms with Gasteiger partial charge in [0.25, 0.3) is 0 Å². The van der Waals surface area contributed by atoms with Crippen molar-refractivity contribution in [2.24, 2.45) is 5.73 Å². The Hall–Kier alpha value is -1.75. The fraction of sp³-hybridized carbons (Fsp3) is 0.333. The Morgan fingerprint density at radius 1 is 1.35 bits per heavy atom. The van der Waals surface area contributed by atoms with Gasteiger partial charge in [0.1, 0.15) is 11.6 Å². The Morgan fingerprint density at radius 2 is 2.24 bits per heavy atom. The third-order valence-electron chi connectivity index (χ3n) is 3.07. The molecule has 0 radical (unpaired) electrons. The van der Waals surface area contributed by atoms with E-state index in [1.807, 2.05) is 10.6 Å². The van der Waals surface area contributed by atoms with Gasteiger partial charge in [-0.2, -0.15) is 0 Å². The smallest absolute Gasteiger partial charge is 0.164 e. The minimum atomic E-state index is -0.264. The molecule has 0 saturated heterocycles. The predicted octanol–water partition coefficient (Wildman–Crippen LogP) is 1.36. The average molecular weight is 232 g/mol. The number of aromatic nitrogens is 3. The van der Waals surface area contributed by atoms with E-state index in [-0.39, 0.29) is 11.9 Å². The molecule has 0 spiro atoms. The van der Waals surface area contributed by atoms with Crippen LogP contribution in [0.15, 0.2) is 24.3 Å². The maximum absolute atomic E-state index is 13.2. The number of nitrogens with zero attached hydrogens (tertiary/aromatic N) is 3. The summed E-state index contributed by atoms with van der Waals surface area (Å²) in [6, 6.07) is 6.53. The molecule has 0 fully saturated rings. The molecule has 2 heterocycles. The molecule has 2 N–H and O–H groups in total. The summed E-state index contributed by atoms with van der Waals surface area (Å²) in [5, 5.41) is 8.27. The topological polar surface area (TPSA) is 56.7 Å². The zero-order chi connectivity index (χ0) is 11.8. The van der Waals surface area contributed by atoms with Crippen LogP contribution in [0.2, 0.25) is 0 Å². The van der Waals surface area contributed by atoms with Crippen LogP contribution >= 0.6 is 0 Å². The lowest BCUT2D eigenvalue weighted by Crippen LogP contribution is -2.32. The van der Waals surface area contributed by atoms with Crippen molar-refractivity contribution < 1.29 is 4.39 Å². The summed E-state index contributed by atoms with van der Waals surface area (Å²) in [6.45, 7) is 0.703. The van der Waals surface area contributed by atoms with E-state index < -0.39 is 0 Å². The first-order valence-electron chi connectivity index (χ1n) is 5.67. The second-order valence-corrected chi connectivity index (χ2v) is 4.36. The molecular formula is C12H13FN4. The lowest BCUT2D eigenvalue weighted by atomic mass is 10.1. The molecule has 0 saturated carbocycles. The van der Waals surface area contributed by atoms with Gasteiger partial charge in [-0.15, -0.1) is 10.2 Å². The molecule has 88 valence electrons. The predicted molar refractivity (Wildman–Crippen MR) is 61.7 cm³/mol. The number of fused-ring (bicyclic) bond motifs is 1. The third kappa shape index (κ3) is 1.82. The molecule has 1 aromatic heterocycles. The first kappa shape index (κ1) is 10.4. The molecule has 1 atom stereocenters. The van der Waals surface area contributed by atoms with E-state index in [0.717, 1.165) is 24.2 Å². The molecule has 2 aromatic rings. The molecule has 1 aliphatic heterocycles. The first-order valence-corrected chi connectivity index (χ1v) is 5.67. The van der Waals surface area contributed by atoms with Crippen LogP contribution in [0.5, 0.6) is 0 Å². The van der Waals surface area contributed by atoms with E-state index in [0.29, 0.717) is 12.4 Å². The van der Waals surface area contributed by atoms with Crippen molar-refractivity contribution in [1.29, 1.82) is 0 Å². The average Bonchev–Trinajstić information content (AvgIpc) is 2.71. The van der Waals surface area contributed by atoms with Crippen molar-refractivity contribution in [1.82, 2.24) is 14.8 Å². The fourth-order valence-corrected chi connectivity index (χ4v) is 2.19. The van der Waals surface area contributed by atoms with Crippen LogP contribution in [0.3, 0.4) is 0 Å². The molecule has 0 bridgehead atoms. The van der Waals surface area contributed by atoms with Gasteiger partial charge >= 0.3 is 0 Å². The van der Waals surface area contributed by atoms with Gasteiger partial charge in [0, 0.05) is 24.6 Å². The highest BCUT2D eigenvalue weighted by Crippen LogP contribution is 2.22. The molecule has 1 aliphatic rings. The molecule has 17 heavy (non-hydrogen) atoms. The quantitative estimate of drug-likeness (QED) is 0.807. The molecular weight excluding hydrogens is 219 g/mol. The summed E-state index contributed by atoms with van der Waals surface area (Å²) in [5.41, 5.74) is 6.68. The van der Waals surface area contributed by atoms with Gasteiger partial charge in [-0.1, -0.05) is 12.1 Å². The number of aryl methyl sites for hydroxylation is 1. The number of hydrogen-bond donors (Lipinski definition) is 1. The van der Waals surface area contributed by atoms with Crippen molar-refractivity contribution >= 4 is 0 Å². The van der Waals surface area contributed by atoms with Gasteiger partial charge in [-0.3, -0.25) is 0 Å². The third-order valence-corrected chi connectivity index (χ3v) is 3.07. The van der Waals surface area contributed by atoms with Gasteiger partial charge in [0.2, 0.25) is 0 Å². The minimum absolute atomic E-state index is 0.130. The Balaban J connectivity index is 2.07. The Kier molecular flexibility index (Phi) is 2.40. The maximum Gasteiger partial charge on any atom is 0.164 e. The van der Waals surface area contributed by atoms with Gasteiger partial charge < -0.3 is 10.3 Å². The van der Waals surface area contributed by atoms with Gasteiger partial charge in [0.05, 0.1) is 0 Å². The molecule has 3 rings (SSSR count). The molecule has 0 aliphatic carbocycles. The molecule has 1 unspecified atom stereocenters. The van der Waals surface area contributed by atoms with Crippen LogP contribution in [0.1, 0.15) is 12.2 Å². The number of benzene rings is 1. The Bertz CT molecular complexity index is 549. The number of halogens is 1. The van der Waals surface area contributed by atoms with Crippen molar-refractivity contribution in [3.8, 4) is 11.4 Å². The van der Waals surface area contributed by atoms with Gasteiger partial charge in [0.15, 0.2) is 5.82 Å². The molecule has 0 amide bonds. The maximum atomic E-state index is 13.2. The van der Waals surface area contributed by atoms with E-state index in [2.05, 4.69) is 10.2 Å². The standard InChI is InChI=1S/C12H13FN4/c13-9-3-1-2-8(6-9)12-16-15-11-5-4-10(14)7-17(11)12/h1-3,6,10H,4-5,7,14H2. The summed E-state index contributed by atoms with van der Waals surface area (Å²) in [7, 11) is 0. The Morgan fingerprint density at radius 3 is 3.06 bits per heavy atom. The summed E-state index contributed by atoms with van der Waals surface area (Å²) in [5.74, 6) is 1.38. The number of rotatable bonds is 1. The Labute approximate surface area is 98.3 Å². The van der Waals surface area contributed by atoms with Crippen molar-refractivity contribution in [2.45, 2.75) is 25.4 Å². The van der Waals surface area contributed by atoms with Gasteiger partial charge in [-0.05, 0) is 18.6 Å². The van der Waals surface area contributed by atoms with E-state index in [9.17, 15) is 4.39 Å². The lowest BCUT2D eigenvalue weighted by molar-refractivity contribution is 0.456. The SMILES string of the molecule is NC1CCc2nnc(-c3cccc(F)c3)n2C1. The van der Waals surface area contributed by atoms with E-state index in [1.165, 1.54) is 12.1 Å². The zero-order valence-corrected chi connectivity index (χ0v) is 9.31. The van der Waals surface area contributed by atoms with E-state index in [4.69, 9.17) is 5.73 Å². The molecule has 4 nitrogen and oxygen atoms in total. The second kappa shape index (κ2) is 3.92. The summed E-state index contributed by atoms with van der Waals surface area (Å²) >= 11 is 0. The summed E-state index contributed by atoms with van der Waals surface area (Å²) < 4.78 is 15.2. The number of nitrogens with two attached hydrogens (primary N) is 1. The fourth-order valence-electron chi connectivity index (χ4n) is 2.19. The first-order chi connectivity index (χ1) is 8.24. The molecule has 5 heteroatoms. The van der Waals surface area contributed by atoms with E-state index in [1.54, 1.807) is 6.07 Å². The van der Waals surface area contributed by atoms with Crippen molar-refractivity contribution in [3.05, 3.63) is 35.9 Å². The van der Waals surface area contributed by atoms with Crippen molar-refractivity contribution in [2.75, 3.05) is 0 Å². The van der Waals surface area contributed by atoms with Gasteiger partial charge in [-0.25, -0.2) is 4.39 Å². The normalized spacial score (nSPS) is 19.1. The zero-order valence-electron chi connectivity index (χ0n) is 9.31. The van der Waals surface area contributed by atoms with Crippen LogP contribution in [0.25, 0.3) is 11.4 Å². The van der Waals surface area contributed by atoms with Crippen LogP contribution < -0.4 is 5.73 Å². The highest BCUT2D eigenvalue weighted by molar-refractivity contribution is 5.55. The van der Waals surface area contributed by atoms with Crippen molar-refractivity contribution in [3.63, 3.8) is 0 Å². The largest absolute Gasteiger partial charge is 0.326 e. The second-order valence-electron chi connectivity index (χ2n) is 4.36. The van der Waals surface area contributed by atoms with E-state index >= 15 is 0 Å². The highest BCUT2D eigenvalue weighted by atomic mass is 19.1. The summed E-state index contributed by atoms with van der Waals surface area (Å²) in [6.07, 6.45) is 1.77. The molecule has 1 aromatic carbocycles.